The van der Waals surface area contributed by atoms with Crippen LogP contribution in [0.2, 0.25) is 0 Å². The summed E-state index contributed by atoms with van der Waals surface area (Å²) < 4.78 is 0. The average Bonchev–Trinajstić information content (AvgIpc) is 4.40. The van der Waals surface area contributed by atoms with Crippen molar-refractivity contribution >= 4 is 68.1 Å². The molecule has 418 valence electrons. The number of nitrogens with one attached hydrogen (secondary N) is 7. The summed E-state index contributed by atoms with van der Waals surface area (Å²) in [5, 5.41) is 11.7. The molecular weight excluding hydrogens is 1050 g/mol. The highest BCUT2D eigenvalue weighted by atomic mass is 16.2. The minimum Gasteiger partial charge on any atom is -0.351 e. The first-order valence-electron chi connectivity index (χ1n) is 27.9. The van der Waals surface area contributed by atoms with Crippen molar-refractivity contribution in [1.82, 2.24) is 61.0 Å². The molecule has 0 fully saturated rings. The molecule has 8 aromatic carbocycles. The van der Waals surface area contributed by atoms with Crippen molar-refractivity contribution in [2.24, 2.45) is 4.99 Å². The number of carbonyl (C=O) groups is 4. The van der Waals surface area contributed by atoms with Gasteiger partial charge in [0, 0.05) is 84.6 Å². The number of benzene rings is 8. The normalized spacial score (nSPS) is 12.0. The van der Waals surface area contributed by atoms with Gasteiger partial charge in [-0.1, -0.05) is 78.9 Å². The van der Waals surface area contributed by atoms with Crippen LogP contribution >= 0.6 is 0 Å². The molecule has 12 rings (SSSR count). The average molecular weight is 1110 g/mol. The van der Waals surface area contributed by atoms with Gasteiger partial charge in [0.05, 0.1) is 44.5 Å². The fourth-order valence-electron chi connectivity index (χ4n) is 10.2. The molecule has 11 aromatic rings. The molecule has 0 spiro atoms. The largest absolute Gasteiger partial charge is 0.351 e. The highest BCUT2D eigenvalue weighted by molar-refractivity contribution is 6.07. The van der Waals surface area contributed by atoms with Gasteiger partial charge in [-0.15, -0.1) is 0 Å². The van der Waals surface area contributed by atoms with E-state index in [2.05, 4.69) is 84.8 Å². The zero-order valence-corrected chi connectivity index (χ0v) is 46.9. The molecule has 0 radical (unpaired) electrons. The number of nitrogens with zero attached hydrogens (tertiary/aromatic N) is 6. The van der Waals surface area contributed by atoms with Gasteiger partial charge in [-0.05, 0) is 153 Å². The fourth-order valence-corrected chi connectivity index (χ4v) is 10.2. The van der Waals surface area contributed by atoms with Crippen molar-refractivity contribution < 1.29 is 19.2 Å². The molecule has 3 aromatic heterocycles. The molecule has 7 N–H and O–H groups in total. The maximum absolute atomic E-state index is 13.2. The number of imidazole rings is 3. The summed E-state index contributed by atoms with van der Waals surface area (Å²) in [5.41, 5.74) is 17.9. The van der Waals surface area contributed by atoms with E-state index in [4.69, 9.17) is 19.9 Å². The zero-order chi connectivity index (χ0) is 57.8. The number of aliphatic imine (C=N–C) groups is 1. The van der Waals surface area contributed by atoms with E-state index in [1.54, 1.807) is 24.3 Å². The summed E-state index contributed by atoms with van der Waals surface area (Å²) >= 11 is 0. The minimum absolute atomic E-state index is 0.100. The van der Waals surface area contributed by atoms with Gasteiger partial charge in [-0.2, -0.15) is 0 Å². The summed E-state index contributed by atoms with van der Waals surface area (Å²) in [6.45, 7) is 3.20. The molecule has 0 bridgehead atoms. The van der Waals surface area contributed by atoms with Crippen LogP contribution in [0.1, 0.15) is 52.6 Å². The molecule has 4 amide bonds. The van der Waals surface area contributed by atoms with Gasteiger partial charge in [0.15, 0.2) is 0 Å². The molecule has 4 heterocycles. The van der Waals surface area contributed by atoms with Gasteiger partial charge in [-0.3, -0.25) is 24.2 Å². The van der Waals surface area contributed by atoms with Crippen LogP contribution in [0.4, 0.5) is 5.69 Å². The number of aromatic nitrogens is 6. The lowest BCUT2D eigenvalue weighted by Gasteiger charge is -2.10. The van der Waals surface area contributed by atoms with Gasteiger partial charge < -0.3 is 46.0 Å². The molecule has 1 aliphatic heterocycles. The highest BCUT2D eigenvalue weighted by Gasteiger charge is 2.19. The highest BCUT2D eigenvalue weighted by Crippen LogP contribution is 2.35. The van der Waals surface area contributed by atoms with Crippen molar-refractivity contribution in [2.45, 2.75) is 6.42 Å². The smallest absolute Gasteiger partial charge is 0.251 e. The van der Waals surface area contributed by atoms with Gasteiger partial charge in [0.1, 0.15) is 17.5 Å². The van der Waals surface area contributed by atoms with Crippen molar-refractivity contribution in [3.63, 3.8) is 0 Å². The molecule has 0 unspecified atom stereocenters. The summed E-state index contributed by atoms with van der Waals surface area (Å²) in [6.07, 6.45) is 0.679. The number of aromatic amines is 3. The molecular formula is C67H61N13O4. The summed E-state index contributed by atoms with van der Waals surface area (Å²) in [6, 6.07) is 54.4. The Morgan fingerprint density at radius 2 is 0.690 bits per heavy atom. The van der Waals surface area contributed by atoms with Crippen LogP contribution in [0.5, 0.6) is 0 Å². The van der Waals surface area contributed by atoms with Crippen molar-refractivity contribution in [1.29, 1.82) is 0 Å². The number of rotatable bonds is 19. The first kappa shape index (κ1) is 54.2. The van der Waals surface area contributed by atoms with Gasteiger partial charge in [-0.25, -0.2) is 15.0 Å². The number of H-pyrrole nitrogens is 3. The topological polar surface area (TPSA) is 221 Å². The molecule has 84 heavy (non-hydrogen) atoms. The zero-order valence-electron chi connectivity index (χ0n) is 46.9. The Kier molecular flexibility index (Phi) is 15.2. The van der Waals surface area contributed by atoms with Crippen molar-refractivity contribution in [2.75, 3.05) is 67.5 Å². The predicted octanol–water partition coefficient (Wildman–Crippen LogP) is 10.1. The Morgan fingerprint density at radius 1 is 0.381 bits per heavy atom. The minimum atomic E-state index is -0.249. The molecule has 17 heteroatoms. The Morgan fingerprint density at radius 3 is 1.05 bits per heavy atom. The fraction of sp³-hybridized carbons (Fsp3) is 0.164. The second-order valence-electron chi connectivity index (χ2n) is 21.5. The third-order valence-corrected chi connectivity index (χ3v) is 14.9. The van der Waals surface area contributed by atoms with Crippen LogP contribution in [0.3, 0.4) is 0 Å². The van der Waals surface area contributed by atoms with E-state index >= 15 is 0 Å². The number of hydrogen-bond acceptors (Lipinski definition) is 10. The summed E-state index contributed by atoms with van der Waals surface area (Å²) in [5.74, 6) is 1.44. The quantitative estimate of drug-likeness (QED) is 0.0382. The number of carbonyl (C=O) groups excluding carboxylic acids is 4. The third kappa shape index (κ3) is 12.0. The van der Waals surface area contributed by atoms with Crippen LogP contribution < -0.4 is 21.3 Å². The Bertz CT molecular complexity index is 4310. The van der Waals surface area contributed by atoms with Gasteiger partial charge in [0.25, 0.3) is 23.6 Å². The Balaban J connectivity index is 0.609. The first-order valence-corrected chi connectivity index (χ1v) is 27.9. The summed E-state index contributed by atoms with van der Waals surface area (Å²) in [4.78, 5) is 85.4. The molecule has 17 nitrogen and oxygen atoms in total. The lowest BCUT2D eigenvalue weighted by molar-refractivity contribution is 0.0927. The number of likely N-dealkylation sites (N-methyl/N-ethyl adjacent to an activating group) is 2. The maximum Gasteiger partial charge on any atom is 0.251 e. The second-order valence-corrected chi connectivity index (χ2v) is 21.5. The van der Waals surface area contributed by atoms with E-state index in [9.17, 15) is 19.2 Å². The van der Waals surface area contributed by atoms with E-state index < -0.39 is 0 Å². The van der Waals surface area contributed by atoms with Crippen LogP contribution in [-0.4, -0.2) is 137 Å². The van der Waals surface area contributed by atoms with Crippen LogP contribution in [0.25, 0.3) is 89.5 Å². The molecule has 0 atom stereocenters. The van der Waals surface area contributed by atoms with Crippen LogP contribution in [0.15, 0.2) is 175 Å². The van der Waals surface area contributed by atoms with Crippen molar-refractivity contribution in [3.05, 3.63) is 203 Å². The van der Waals surface area contributed by atoms with Gasteiger partial charge >= 0.3 is 0 Å². The van der Waals surface area contributed by atoms with Crippen LogP contribution in [0, 0.1) is 0 Å². The lowest BCUT2D eigenvalue weighted by atomic mass is 9.99. The maximum atomic E-state index is 13.2. The van der Waals surface area contributed by atoms with E-state index in [0.29, 0.717) is 47.6 Å². The lowest BCUT2D eigenvalue weighted by Crippen LogP contribution is -2.34. The number of amides is 4. The molecule has 1 aliphatic rings. The van der Waals surface area contributed by atoms with Crippen LogP contribution in [-0.2, 0) is 6.42 Å². The van der Waals surface area contributed by atoms with E-state index in [1.165, 1.54) is 0 Å². The standard InChI is InChI=1S/C67H61N13O4/c1-79(2)33-31-70-66(83)46-17-9-42(10-18-46)62-73-53-26-23-49(36-58(53)76-62)48-21-22-52-39-56(72-57(52)35-48)40-5-13-44(14-6-40)64(81)68-29-30-69-65(82)45-15-7-41(8-16-45)61-74-54-27-24-50(37-59(54)77-61)51-25-28-55-60(38-51)78-63(75-55)43-11-19-47(20-12-43)67(84)71-32-34-80(3)4/h5-28,35-38H,29-34,39H2,1-4H3,(H,68,81)(H,69,82)(H,70,83)(H,71,84)(H,73,76)(H,74,77)(H,75,78). The second kappa shape index (κ2) is 23.6. The van der Waals surface area contributed by atoms with E-state index in [0.717, 1.165) is 119 Å². The molecule has 0 saturated heterocycles. The number of fused-ring (bicyclic) bond motifs is 4. The third-order valence-electron chi connectivity index (χ3n) is 14.9. The van der Waals surface area contributed by atoms with Crippen molar-refractivity contribution in [3.8, 4) is 56.4 Å². The van der Waals surface area contributed by atoms with Gasteiger partial charge in [0.2, 0.25) is 0 Å². The molecule has 0 saturated carbocycles. The number of hydrogen-bond donors (Lipinski definition) is 7. The predicted molar refractivity (Wildman–Crippen MR) is 332 cm³/mol. The molecule has 0 aliphatic carbocycles. The van der Waals surface area contributed by atoms with E-state index in [-0.39, 0.29) is 36.7 Å². The Labute approximate surface area is 484 Å². The summed E-state index contributed by atoms with van der Waals surface area (Å²) in [7, 11) is 7.89. The SMILES string of the molecule is CN(C)CCNC(=O)c1ccc(-c2nc3cc(-c4ccc5c(c4)N=C(c4ccc(C(=O)NCCNC(=O)c6ccc(-c7nc8cc(-c9ccc%10[nH]c(-c%11ccc(C(=O)NCCN(C)C)cc%11)nc%10c9)ccc8[nH]7)cc6)cc4)C5)ccc3[nH]2)cc1. The Hall–Kier alpha value is -10.4. The first-order chi connectivity index (χ1) is 40.8. The monoisotopic (exact) mass is 1110 g/mol. The van der Waals surface area contributed by atoms with E-state index in [1.807, 2.05) is 135 Å².